The number of nitrogens with zero attached hydrogens (tertiary/aromatic N) is 5. The number of aromatic nitrogens is 3. The fourth-order valence-electron chi connectivity index (χ4n) is 3.06. The molecule has 2 aromatic rings. The van der Waals surface area contributed by atoms with E-state index in [9.17, 15) is 0 Å². The van der Waals surface area contributed by atoms with E-state index < -0.39 is 0 Å². The van der Waals surface area contributed by atoms with Crippen molar-refractivity contribution in [2.75, 3.05) is 55.0 Å². The Bertz CT molecular complexity index is 670. The van der Waals surface area contributed by atoms with Crippen molar-refractivity contribution >= 4 is 17.5 Å². The lowest BCUT2D eigenvalue weighted by atomic mass is 10.2. The molecule has 0 unspecified atom stereocenters. The standard InChI is InChI=1S/C19H28N6O/c1-3-4-5-10-20-18-15-21-23-19(22-18)25-13-11-24(12-14-25)16-6-8-17(26-2)9-7-16/h6-9,15H,3-5,10-14H2,1-2H3,(H,20,22,23). The van der Waals surface area contributed by atoms with E-state index in [1.54, 1.807) is 13.3 Å². The van der Waals surface area contributed by atoms with Crippen molar-refractivity contribution in [3.05, 3.63) is 30.5 Å². The summed E-state index contributed by atoms with van der Waals surface area (Å²) in [6.07, 6.45) is 5.29. The van der Waals surface area contributed by atoms with E-state index in [0.29, 0.717) is 5.95 Å². The fourth-order valence-corrected chi connectivity index (χ4v) is 3.06. The van der Waals surface area contributed by atoms with Crippen molar-refractivity contribution in [3.8, 4) is 5.75 Å². The molecule has 1 aliphatic heterocycles. The minimum atomic E-state index is 0.708. The topological polar surface area (TPSA) is 66.4 Å². The van der Waals surface area contributed by atoms with Gasteiger partial charge in [-0.2, -0.15) is 10.1 Å². The molecule has 1 aromatic carbocycles. The van der Waals surface area contributed by atoms with Crippen molar-refractivity contribution in [2.24, 2.45) is 0 Å². The summed E-state index contributed by atoms with van der Waals surface area (Å²) in [5.41, 5.74) is 1.22. The Kier molecular flexibility index (Phi) is 6.46. The summed E-state index contributed by atoms with van der Waals surface area (Å²) in [6.45, 7) is 6.76. The van der Waals surface area contributed by atoms with Gasteiger partial charge in [0.25, 0.3) is 0 Å². The Hall–Kier alpha value is -2.57. The van der Waals surface area contributed by atoms with Crippen LogP contribution in [0.25, 0.3) is 0 Å². The largest absolute Gasteiger partial charge is 0.497 e. The van der Waals surface area contributed by atoms with Gasteiger partial charge in [0.15, 0.2) is 5.82 Å². The number of hydrogen-bond donors (Lipinski definition) is 1. The summed E-state index contributed by atoms with van der Waals surface area (Å²) in [5.74, 6) is 2.40. The van der Waals surface area contributed by atoms with Crippen LogP contribution in [0.3, 0.4) is 0 Å². The van der Waals surface area contributed by atoms with E-state index in [1.165, 1.54) is 18.5 Å². The maximum Gasteiger partial charge on any atom is 0.247 e. The molecule has 1 aromatic heterocycles. The van der Waals surface area contributed by atoms with Gasteiger partial charge in [0, 0.05) is 38.4 Å². The molecule has 0 spiro atoms. The maximum absolute atomic E-state index is 5.23. The van der Waals surface area contributed by atoms with E-state index in [0.717, 1.165) is 50.7 Å². The van der Waals surface area contributed by atoms with Crippen LogP contribution < -0.4 is 19.9 Å². The van der Waals surface area contributed by atoms with E-state index >= 15 is 0 Å². The normalized spacial score (nSPS) is 14.4. The number of benzene rings is 1. The predicted octanol–water partition coefficient (Wildman–Crippen LogP) is 2.81. The van der Waals surface area contributed by atoms with Gasteiger partial charge >= 0.3 is 0 Å². The lowest BCUT2D eigenvalue weighted by molar-refractivity contribution is 0.415. The molecular formula is C19H28N6O. The van der Waals surface area contributed by atoms with Crippen LogP contribution in [0.1, 0.15) is 26.2 Å². The Balaban J connectivity index is 1.54. The molecular weight excluding hydrogens is 328 g/mol. The van der Waals surface area contributed by atoms with Crippen molar-refractivity contribution in [3.63, 3.8) is 0 Å². The summed E-state index contributed by atoms with van der Waals surface area (Å²) in [6, 6.07) is 8.21. The second kappa shape index (κ2) is 9.22. The Morgan fingerprint density at radius 3 is 2.46 bits per heavy atom. The van der Waals surface area contributed by atoms with Crippen LogP contribution >= 0.6 is 0 Å². The summed E-state index contributed by atoms with van der Waals surface area (Å²) < 4.78 is 5.23. The third kappa shape index (κ3) is 4.74. The molecule has 7 nitrogen and oxygen atoms in total. The number of hydrogen-bond acceptors (Lipinski definition) is 7. The highest BCUT2D eigenvalue weighted by Crippen LogP contribution is 2.21. The monoisotopic (exact) mass is 356 g/mol. The molecule has 0 atom stereocenters. The van der Waals surface area contributed by atoms with Crippen LogP contribution in [0, 0.1) is 0 Å². The zero-order valence-electron chi connectivity index (χ0n) is 15.7. The molecule has 1 fully saturated rings. The Labute approximate surface area is 155 Å². The quantitative estimate of drug-likeness (QED) is 0.730. The van der Waals surface area contributed by atoms with Gasteiger partial charge in [-0.3, -0.25) is 0 Å². The molecule has 2 heterocycles. The molecule has 140 valence electrons. The third-order valence-electron chi connectivity index (χ3n) is 4.63. The van der Waals surface area contributed by atoms with Gasteiger partial charge in [0.1, 0.15) is 5.75 Å². The number of methoxy groups -OCH3 is 1. The molecule has 7 heteroatoms. The first-order valence-corrected chi connectivity index (χ1v) is 9.37. The number of anilines is 3. The lowest BCUT2D eigenvalue weighted by Crippen LogP contribution is -2.47. The van der Waals surface area contributed by atoms with Gasteiger partial charge in [0.2, 0.25) is 5.95 Å². The third-order valence-corrected chi connectivity index (χ3v) is 4.63. The zero-order chi connectivity index (χ0) is 18.2. The van der Waals surface area contributed by atoms with Gasteiger partial charge in [-0.15, -0.1) is 5.10 Å². The maximum atomic E-state index is 5.23. The first kappa shape index (κ1) is 18.2. The summed E-state index contributed by atoms with van der Waals surface area (Å²) in [7, 11) is 1.69. The van der Waals surface area contributed by atoms with Crippen LogP contribution in [-0.2, 0) is 0 Å². The highest BCUT2D eigenvalue weighted by Gasteiger charge is 2.20. The van der Waals surface area contributed by atoms with Crippen molar-refractivity contribution in [1.82, 2.24) is 15.2 Å². The fraction of sp³-hybridized carbons (Fsp3) is 0.526. The Morgan fingerprint density at radius 2 is 1.77 bits per heavy atom. The first-order valence-electron chi connectivity index (χ1n) is 9.37. The highest BCUT2D eigenvalue weighted by molar-refractivity contribution is 5.51. The molecule has 0 amide bonds. The second-order valence-electron chi connectivity index (χ2n) is 6.45. The van der Waals surface area contributed by atoms with Crippen molar-refractivity contribution < 1.29 is 4.74 Å². The van der Waals surface area contributed by atoms with Crippen LogP contribution in [0.4, 0.5) is 17.5 Å². The van der Waals surface area contributed by atoms with Gasteiger partial charge < -0.3 is 19.9 Å². The van der Waals surface area contributed by atoms with Crippen molar-refractivity contribution in [1.29, 1.82) is 0 Å². The number of rotatable bonds is 8. The molecule has 0 saturated carbocycles. The van der Waals surface area contributed by atoms with E-state index in [2.05, 4.69) is 49.4 Å². The number of ether oxygens (including phenoxy) is 1. The number of unbranched alkanes of at least 4 members (excludes halogenated alkanes) is 2. The van der Waals surface area contributed by atoms with Crippen molar-refractivity contribution in [2.45, 2.75) is 26.2 Å². The Morgan fingerprint density at radius 1 is 1.04 bits per heavy atom. The lowest BCUT2D eigenvalue weighted by Gasteiger charge is -2.36. The molecule has 0 bridgehead atoms. The van der Waals surface area contributed by atoms with E-state index in [4.69, 9.17) is 4.74 Å². The van der Waals surface area contributed by atoms with Crippen LogP contribution in [0.15, 0.2) is 30.5 Å². The average Bonchev–Trinajstić information content (AvgIpc) is 2.72. The minimum Gasteiger partial charge on any atom is -0.497 e. The van der Waals surface area contributed by atoms with Crippen LogP contribution in [0.2, 0.25) is 0 Å². The molecule has 1 N–H and O–H groups in total. The average molecular weight is 356 g/mol. The van der Waals surface area contributed by atoms with E-state index in [-0.39, 0.29) is 0 Å². The molecule has 26 heavy (non-hydrogen) atoms. The summed E-state index contributed by atoms with van der Waals surface area (Å²) in [5, 5.41) is 11.7. The van der Waals surface area contributed by atoms with Gasteiger partial charge in [0.05, 0.1) is 13.3 Å². The predicted molar refractivity (Wildman–Crippen MR) is 105 cm³/mol. The molecule has 0 aliphatic carbocycles. The summed E-state index contributed by atoms with van der Waals surface area (Å²) >= 11 is 0. The zero-order valence-corrected chi connectivity index (χ0v) is 15.7. The second-order valence-corrected chi connectivity index (χ2v) is 6.45. The molecule has 3 rings (SSSR count). The molecule has 0 radical (unpaired) electrons. The molecule has 1 aliphatic rings. The van der Waals surface area contributed by atoms with Crippen LogP contribution in [-0.4, -0.2) is 55.0 Å². The van der Waals surface area contributed by atoms with E-state index in [1.807, 2.05) is 12.1 Å². The highest BCUT2D eigenvalue weighted by atomic mass is 16.5. The van der Waals surface area contributed by atoms with Gasteiger partial charge in [-0.05, 0) is 30.7 Å². The smallest absolute Gasteiger partial charge is 0.247 e. The number of nitrogens with one attached hydrogen (secondary N) is 1. The number of piperazine rings is 1. The van der Waals surface area contributed by atoms with Gasteiger partial charge in [-0.25, -0.2) is 0 Å². The first-order chi connectivity index (χ1) is 12.8. The minimum absolute atomic E-state index is 0.708. The van der Waals surface area contributed by atoms with Crippen LogP contribution in [0.5, 0.6) is 5.75 Å². The SMILES string of the molecule is CCCCCNc1cnnc(N2CCN(c3ccc(OC)cc3)CC2)n1. The van der Waals surface area contributed by atoms with Gasteiger partial charge in [-0.1, -0.05) is 19.8 Å². The molecule has 1 saturated heterocycles. The summed E-state index contributed by atoms with van der Waals surface area (Å²) in [4.78, 5) is 9.19.